The van der Waals surface area contributed by atoms with Crippen molar-refractivity contribution in [1.29, 1.82) is 0 Å². The van der Waals surface area contributed by atoms with Crippen molar-refractivity contribution in [2.45, 2.75) is 24.8 Å². The normalized spacial score (nSPS) is 20.8. The molecule has 1 unspecified atom stereocenters. The standard InChI is InChI=1S/C11H18N4O2S/c1-9-4-5-11(15-14-9)18(16,17)13-8-10-3-2-6-12-7-10/h4-5,10,12-13H,2-3,6-8H2,1H3. The Morgan fingerprint density at radius 2 is 2.28 bits per heavy atom. The van der Waals surface area contributed by atoms with Crippen LogP contribution >= 0.6 is 0 Å². The predicted molar refractivity (Wildman–Crippen MR) is 67.6 cm³/mol. The highest BCUT2D eigenvalue weighted by Gasteiger charge is 2.19. The summed E-state index contributed by atoms with van der Waals surface area (Å²) in [6, 6.07) is 3.12. The maximum absolute atomic E-state index is 12.0. The van der Waals surface area contributed by atoms with E-state index in [9.17, 15) is 8.42 Å². The highest BCUT2D eigenvalue weighted by Crippen LogP contribution is 2.10. The molecule has 0 bridgehead atoms. The molecule has 18 heavy (non-hydrogen) atoms. The monoisotopic (exact) mass is 270 g/mol. The third kappa shape index (κ3) is 3.47. The minimum Gasteiger partial charge on any atom is -0.316 e. The Bertz CT molecular complexity index is 480. The van der Waals surface area contributed by atoms with Gasteiger partial charge in [0.05, 0.1) is 5.69 Å². The number of rotatable bonds is 4. The molecule has 1 aromatic heterocycles. The lowest BCUT2D eigenvalue weighted by atomic mass is 10.0. The van der Waals surface area contributed by atoms with Crippen LogP contribution < -0.4 is 10.0 Å². The van der Waals surface area contributed by atoms with Crippen molar-refractivity contribution in [2.75, 3.05) is 19.6 Å². The molecule has 1 atom stereocenters. The van der Waals surface area contributed by atoms with Gasteiger partial charge >= 0.3 is 0 Å². The van der Waals surface area contributed by atoms with Crippen molar-refractivity contribution in [3.8, 4) is 0 Å². The van der Waals surface area contributed by atoms with E-state index >= 15 is 0 Å². The van der Waals surface area contributed by atoms with Crippen LogP contribution in [0.15, 0.2) is 17.2 Å². The summed E-state index contributed by atoms with van der Waals surface area (Å²) < 4.78 is 26.5. The van der Waals surface area contributed by atoms with E-state index in [-0.39, 0.29) is 5.03 Å². The summed E-state index contributed by atoms with van der Waals surface area (Å²) in [5.74, 6) is 0.354. The number of aromatic nitrogens is 2. The Labute approximate surface area is 107 Å². The van der Waals surface area contributed by atoms with E-state index in [1.807, 2.05) is 0 Å². The van der Waals surface area contributed by atoms with Crippen molar-refractivity contribution < 1.29 is 8.42 Å². The van der Waals surface area contributed by atoms with Gasteiger partial charge in [0.2, 0.25) is 0 Å². The van der Waals surface area contributed by atoms with E-state index in [1.54, 1.807) is 13.0 Å². The molecule has 1 saturated heterocycles. The fourth-order valence-electron chi connectivity index (χ4n) is 1.93. The maximum Gasteiger partial charge on any atom is 0.259 e. The van der Waals surface area contributed by atoms with E-state index in [0.29, 0.717) is 18.2 Å². The molecule has 0 aromatic carbocycles. The van der Waals surface area contributed by atoms with E-state index in [0.717, 1.165) is 25.9 Å². The second kappa shape index (κ2) is 5.73. The van der Waals surface area contributed by atoms with Gasteiger partial charge in [-0.25, -0.2) is 13.1 Å². The molecule has 1 fully saturated rings. The van der Waals surface area contributed by atoms with Crippen molar-refractivity contribution in [3.05, 3.63) is 17.8 Å². The van der Waals surface area contributed by atoms with Crippen LogP contribution in [0.3, 0.4) is 0 Å². The average molecular weight is 270 g/mol. The van der Waals surface area contributed by atoms with Gasteiger partial charge in [-0.05, 0) is 50.9 Å². The third-order valence-corrected chi connectivity index (χ3v) is 4.32. The van der Waals surface area contributed by atoms with Crippen LogP contribution in [0.1, 0.15) is 18.5 Å². The minimum atomic E-state index is -3.53. The first-order valence-electron chi connectivity index (χ1n) is 6.08. The van der Waals surface area contributed by atoms with Gasteiger partial charge < -0.3 is 5.32 Å². The van der Waals surface area contributed by atoms with Gasteiger partial charge in [-0.1, -0.05) is 0 Å². The van der Waals surface area contributed by atoms with Crippen LogP contribution in [0.5, 0.6) is 0 Å². The third-order valence-electron chi connectivity index (χ3n) is 3.01. The maximum atomic E-state index is 12.0. The lowest BCUT2D eigenvalue weighted by Gasteiger charge is -2.22. The molecule has 2 rings (SSSR count). The fourth-order valence-corrected chi connectivity index (χ4v) is 2.93. The van der Waals surface area contributed by atoms with Crippen LogP contribution in [0.2, 0.25) is 0 Å². The second-order valence-electron chi connectivity index (χ2n) is 4.58. The van der Waals surface area contributed by atoms with Gasteiger partial charge in [0.1, 0.15) is 0 Å². The summed E-state index contributed by atoms with van der Waals surface area (Å²) in [4.78, 5) is 0. The van der Waals surface area contributed by atoms with Crippen molar-refractivity contribution >= 4 is 10.0 Å². The molecule has 1 aromatic rings. The fraction of sp³-hybridized carbons (Fsp3) is 0.636. The number of aryl methyl sites for hydroxylation is 1. The molecule has 7 heteroatoms. The van der Waals surface area contributed by atoms with Gasteiger partial charge in [-0.2, -0.15) is 5.10 Å². The molecule has 0 spiro atoms. The Kier molecular flexibility index (Phi) is 4.26. The zero-order valence-electron chi connectivity index (χ0n) is 10.4. The average Bonchev–Trinajstić information content (AvgIpc) is 2.38. The van der Waals surface area contributed by atoms with Crippen LogP contribution in [-0.4, -0.2) is 38.2 Å². The topological polar surface area (TPSA) is 84.0 Å². The number of nitrogens with one attached hydrogen (secondary N) is 2. The minimum absolute atomic E-state index is 0.0168. The lowest BCUT2D eigenvalue weighted by molar-refractivity contribution is 0.375. The number of hydrogen-bond acceptors (Lipinski definition) is 5. The molecule has 0 amide bonds. The number of hydrogen-bond donors (Lipinski definition) is 2. The molecule has 6 nitrogen and oxygen atoms in total. The van der Waals surface area contributed by atoms with E-state index < -0.39 is 10.0 Å². The van der Waals surface area contributed by atoms with Gasteiger partial charge in [0, 0.05) is 6.54 Å². The SMILES string of the molecule is Cc1ccc(S(=O)(=O)NCC2CCCNC2)nn1. The van der Waals surface area contributed by atoms with E-state index in [1.165, 1.54) is 6.07 Å². The first-order chi connectivity index (χ1) is 8.58. The Hall–Kier alpha value is -1.05. The van der Waals surface area contributed by atoms with Crippen molar-refractivity contribution in [1.82, 2.24) is 20.2 Å². The molecule has 0 radical (unpaired) electrons. The summed E-state index contributed by atoms with van der Waals surface area (Å²) in [5, 5.41) is 10.7. The summed E-state index contributed by atoms with van der Waals surface area (Å²) in [5.41, 5.74) is 0.699. The lowest BCUT2D eigenvalue weighted by Crippen LogP contribution is -2.38. The first-order valence-corrected chi connectivity index (χ1v) is 7.57. The van der Waals surface area contributed by atoms with E-state index in [4.69, 9.17) is 0 Å². The second-order valence-corrected chi connectivity index (χ2v) is 6.29. The van der Waals surface area contributed by atoms with Crippen LogP contribution in [-0.2, 0) is 10.0 Å². The van der Waals surface area contributed by atoms with Crippen molar-refractivity contribution in [3.63, 3.8) is 0 Å². The predicted octanol–water partition coefficient (Wildman–Crippen LogP) is 0.0629. The van der Waals surface area contributed by atoms with E-state index in [2.05, 4.69) is 20.2 Å². The number of nitrogens with zero attached hydrogens (tertiary/aromatic N) is 2. The molecule has 0 saturated carbocycles. The molecule has 0 aliphatic carbocycles. The molecule has 1 aliphatic rings. The Morgan fingerprint density at radius 1 is 1.44 bits per heavy atom. The quantitative estimate of drug-likeness (QED) is 0.808. The largest absolute Gasteiger partial charge is 0.316 e. The van der Waals surface area contributed by atoms with Gasteiger partial charge in [0.15, 0.2) is 5.03 Å². The van der Waals surface area contributed by atoms with Crippen LogP contribution in [0, 0.1) is 12.8 Å². The highest BCUT2D eigenvalue weighted by molar-refractivity contribution is 7.89. The molecule has 2 heterocycles. The molecule has 1 aliphatic heterocycles. The van der Waals surface area contributed by atoms with Gasteiger partial charge in [0.25, 0.3) is 10.0 Å². The zero-order chi connectivity index (χ0) is 13.0. The first kappa shape index (κ1) is 13.4. The van der Waals surface area contributed by atoms with Gasteiger partial charge in [-0.15, -0.1) is 5.10 Å². The van der Waals surface area contributed by atoms with Crippen molar-refractivity contribution in [2.24, 2.45) is 5.92 Å². The summed E-state index contributed by atoms with van der Waals surface area (Å²) in [6.45, 7) is 4.10. The summed E-state index contributed by atoms with van der Waals surface area (Å²) >= 11 is 0. The Balaban J connectivity index is 1.96. The summed E-state index contributed by atoms with van der Waals surface area (Å²) in [7, 11) is -3.53. The summed E-state index contributed by atoms with van der Waals surface area (Å²) in [6.07, 6.45) is 2.14. The molecule has 2 N–H and O–H groups in total. The molecular weight excluding hydrogens is 252 g/mol. The molecule has 100 valence electrons. The highest BCUT2D eigenvalue weighted by atomic mass is 32.2. The van der Waals surface area contributed by atoms with Crippen LogP contribution in [0.4, 0.5) is 0 Å². The Morgan fingerprint density at radius 3 is 2.89 bits per heavy atom. The zero-order valence-corrected chi connectivity index (χ0v) is 11.2. The number of piperidine rings is 1. The molecular formula is C11H18N4O2S. The van der Waals surface area contributed by atoms with Gasteiger partial charge in [-0.3, -0.25) is 0 Å². The number of sulfonamides is 1. The smallest absolute Gasteiger partial charge is 0.259 e. The van der Waals surface area contributed by atoms with Crippen LogP contribution in [0.25, 0.3) is 0 Å².